The van der Waals surface area contributed by atoms with Gasteiger partial charge in [-0.1, -0.05) is 18.6 Å². The van der Waals surface area contributed by atoms with Crippen molar-refractivity contribution >= 4 is 0 Å². The molecule has 0 spiro atoms. The van der Waals surface area contributed by atoms with Crippen LogP contribution in [0.15, 0.2) is 36.7 Å². The molecule has 136 valence electrons. The number of hydrogen-bond acceptors (Lipinski definition) is 3. The number of likely N-dealkylation sites (tertiary alicyclic amines) is 1. The summed E-state index contributed by atoms with van der Waals surface area (Å²) in [6.07, 6.45) is 10.3. The van der Waals surface area contributed by atoms with E-state index in [2.05, 4.69) is 42.0 Å². The summed E-state index contributed by atoms with van der Waals surface area (Å²) in [6, 6.07) is 8.46. The van der Waals surface area contributed by atoms with Crippen LogP contribution in [0.4, 0.5) is 0 Å². The van der Waals surface area contributed by atoms with Crippen molar-refractivity contribution in [2.45, 2.75) is 58.6 Å². The Balaban J connectivity index is 1.31. The van der Waals surface area contributed by atoms with Crippen LogP contribution < -0.4 is 4.74 Å². The molecule has 1 aromatic heterocycles. The highest BCUT2D eigenvalue weighted by molar-refractivity contribution is 5.36. The summed E-state index contributed by atoms with van der Waals surface area (Å²) in [6.45, 7) is 8.84. The number of piperidine rings is 1. The zero-order chi connectivity index (χ0) is 17.5. The van der Waals surface area contributed by atoms with E-state index in [-0.39, 0.29) is 0 Å². The van der Waals surface area contributed by atoms with Gasteiger partial charge in [-0.05, 0) is 69.3 Å². The number of aryl methyl sites for hydroxylation is 3. The van der Waals surface area contributed by atoms with E-state index < -0.39 is 0 Å². The van der Waals surface area contributed by atoms with Gasteiger partial charge >= 0.3 is 0 Å². The van der Waals surface area contributed by atoms with Crippen LogP contribution in [-0.2, 0) is 6.54 Å². The lowest BCUT2D eigenvalue weighted by Gasteiger charge is -2.32. The van der Waals surface area contributed by atoms with Gasteiger partial charge in [-0.25, -0.2) is 0 Å². The molecule has 0 atom stereocenters. The molecule has 0 N–H and O–H groups in total. The van der Waals surface area contributed by atoms with E-state index in [4.69, 9.17) is 4.74 Å². The summed E-state index contributed by atoms with van der Waals surface area (Å²) >= 11 is 0. The zero-order valence-corrected chi connectivity index (χ0v) is 15.7. The summed E-state index contributed by atoms with van der Waals surface area (Å²) in [4.78, 5) is 2.59. The smallest absolute Gasteiger partial charge is 0.122 e. The normalized spacial score (nSPS) is 16.2. The van der Waals surface area contributed by atoms with E-state index in [0.717, 1.165) is 38.2 Å². The molecule has 2 heterocycles. The second kappa shape index (κ2) is 9.04. The molecule has 1 saturated heterocycles. The zero-order valence-electron chi connectivity index (χ0n) is 15.7. The molecule has 1 aromatic carbocycles. The second-order valence-corrected chi connectivity index (χ2v) is 7.26. The highest BCUT2D eigenvalue weighted by Gasteiger charge is 2.20. The van der Waals surface area contributed by atoms with Crippen LogP contribution in [0.25, 0.3) is 0 Å². The van der Waals surface area contributed by atoms with Gasteiger partial charge in [0, 0.05) is 32.0 Å². The highest BCUT2D eigenvalue weighted by Crippen LogP contribution is 2.24. The number of benzene rings is 1. The Labute approximate surface area is 151 Å². The first-order valence-electron chi connectivity index (χ1n) is 9.64. The van der Waals surface area contributed by atoms with Crippen molar-refractivity contribution in [1.82, 2.24) is 14.7 Å². The maximum absolute atomic E-state index is 6.26. The standard InChI is InChI=1S/C21H31N3O/c1-18-7-8-19(2)21(17-18)25-20-9-15-23(16-10-20)12-4-3-5-13-24-14-6-11-22-24/h6-8,11,14,17,20H,3-5,9-10,12-13,15-16H2,1-2H3. The van der Waals surface area contributed by atoms with Gasteiger partial charge in [0.2, 0.25) is 0 Å². The lowest BCUT2D eigenvalue weighted by atomic mass is 10.1. The van der Waals surface area contributed by atoms with Gasteiger partial charge in [-0.2, -0.15) is 5.10 Å². The Morgan fingerprint density at radius 3 is 2.64 bits per heavy atom. The van der Waals surface area contributed by atoms with Crippen LogP contribution in [0.1, 0.15) is 43.2 Å². The fourth-order valence-electron chi connectivity index (χ4n) is 3.48. The lowest BCUT2D eigenvalue weighted by Crippen LogP contribution is -2.38. The first-order chi connectivity index (χ1) is 12.2. The molecule has 4 heteroatoms. The number of aromatic nitrogens is 2. The average molecular weight is 341 g/mol. The summed E-state index contributed by atoms with van der Waals surface area (Å²) < 4.78 is 8.29. The van der Waals surface area contributed by atoms with E-state index >= 15 is 0 Å². The highest BCUT2D eigenvalue weighted by atomic mass is 16.5. The number of unbranched alkanes of at least 4 members (excludes halogenated alkanes) is 2. The fourth-order valence-corrected chi connectivity index (χ4v) is 3.48. The molecule has 2 aromatic rings. The van der Waals surface area contributed by atoms with Crippen LogP contribution in [-0.4, -0.2) is 40.4 Å². The molecule has 4 nitrogen and oxygen atoms in total. The van der Waals surface area contributed by atoms with Gasteiger partial charge < -0.3 is 9.64 Å². The van der Waals surface area contributed by atoms with Gasteiger partial charge in [0.25, 0.3) is 0 Å². The van der Waals surface area contributed by atoms with Crippen LogP contribution >= 0.6 is 0 Å². The number of nitrogens with zero attached hydrogens (tertiary/aromatic N) is 3. The Morgan fingerprint density at radius 1 is 1.08 bits per heavy atom. The first-order valence-corrected chi connectivity index (χ1v) is 9.64. The molecule has 0 amide bonds. The minimum absolute atomic E-state index is 0.372. The third kappa shape index (κ3) is 5.60. The minimum Gasteiger partial charge on any atom is -0.490 e. The summed E-state index contributed by atoms with van der Waals surface area (Å²) in [5, 5.41) is 4.25. The van der Waals surface area contributed by atoms with Crippen molar-refractivity contribution in [2.24, 2.45) is 0 Å². The molecular formula is C21H31N3O. The maximum Gasteiger partial charge on any atom is 0.122 e. The van der Waals surface area contributed by atoms with Gasteiger partial charge in [0.05, 0.1) is 0 Å². The quantitative estimate of drug-likeness (QED) is 0.674. The third-order valence-corrected chi connectivity index (χ3v) is 5.09. The molecule has 0 radical (unpaired) electrons. The largest absolute Gasteiger partial charge is 0.490 e. The maximum atomic E-state index is 6.26. The van der Waals surface area contributed by atoms with Crippen molar-refractivity contribution < 1.29 is 4.74 Å². The van der Waals surface area contributed by atoms with Crippen molar-refractivity contribution in [3.63, 3.8) is 0 Å². The van der Waals surface area contributed by atoms with Crippen LogP contribution in [0.5, 0.6) is 5.75 Å². The summed E-state index contributed by atoms with van der Waals surface area (Å²) in [5.41, 5.74) is 2.51. The monoisotopic (exact) mass is 341 g/mol. The Bertz CT molecular complexity index is 631. The van der Waals surface area contributed by atoms with Crippen molar-refractivity contribution in [3.8, 4) is 5.75 Å². The van der Waals surface area contributed by atoms with Crippen molar-refractivity contribution in [2.75, 3.05) is 19.6 Å². The molecule has 1 aliphatic heterocycles. The van der Waals surface area contributed by atoms with Gasteiger partial charge in [-0.15, -0.1) is 0 Å². The second-order valence-electron chi connectivity index (χ2n) is 7.26. The van der Waals surface area contributed by atoms with Gasteiger partial charge in [0.1, 0.15) is 11.9 Å². The Hall–Kier alpha value is -1.81. The lowest BCUT2D eigenvalue weighted by molar-refractivity contribution is 0.0989. The predicted molar refractivity (Wildman–Crippen MR) is 102 cm³/mol. The van der Waals surface area contributed by atoms with Crippen molar-refractivity contribution in [1.29, 1.82) is 0 Å². The van der Waals surface area contributed by atoms with E-state index in [1.54, 1.807) is 0 Å². The van der Waals surface area contributed by atoms with E-state index in [1.165, 1.54) is 36.9 Å². The van der Waals surface area contributed by atoms with E-state index in [9.17, 15) is 0 Å². The molecule has 1 fully saturated rings. The van der Waals surface area contributed by atoms with E-state index in [0.29, 0.717) is 6.10 Å². The predicted octanol–water partition coefficient (Wildman–Crippen LogP) is 4.21. The molecule has 3 rings (SSSR count). The number of ether oxygens (including phenoxy) is 1. The minimum atomic E-state index is 0.372. The van der Waals surface area contributed by atoms with Crippen LogP contribution in [0.2, 0.25) is 0 Å². The SMILES string of the molecule is Cc1ccc(C)c(OC2CCN(CCCCCn3cccn3)CC2)c1. The van der Waals surface area contributed by atoms with Gasteiger partial charge in [0.15, 0.2) is 0 Å². The molecule has 0 aliphatic carbocycles. The summed E-state index contributed by atoms with van der Waals surface area (Å²) in [5.74, 6) is 1.07. The summed E-state index contributed by atoms with van der Waals surface area (Å²) in [7, 11) is 0. The van der Waals surface area contributed by atoms with Crippen LogP contribution in [0.3, 0.4) is 0 Å². The molecule has 25 heavy (non-hydrogen) atoms. The van der Waals surface area contributed by atoms with Crippen molar-refractivity contribution in [3.05, 3.63) is 47.8 Å². The molecule has 0 saturated carbocycles. The molecule has 0 unspecified atom stereocenters. The molecule has 1 aliphatic rings. The molecular weight excluding hydrogens is 310 g/mol. The fraction of sp³-hybridized carbons (Fsp3) is 0.571. The number of hydrogen-bond donors (Lipinski definition) is 0. The topological polar surface area (TPSA) is 30.3 Å². The Morgan fingerprint density at radius 2 is 1.88 bits per heavy atom. The van der Waals surface area contributed by atoms with Crippen LogP contribution in [0, 0.1) is 13.8 Å². The van der Waals surface area contributed by atoms with E-state index in [1.807, 2.05) is 23.1 Å². The Kier molecular flexibility index (Phi) is 6.51. The third-order valence-electron chi connectivity index (χ3n) is 5.09. The van der Waals surface area contributed by atoms with Gasteiger partial charge in [-0.3, -0.25) is 4.68 Å². The average Bonchev–Trinajstić information content (AvgIpc) is 3.13. The number of rotatable bonds is 8. The first kappa shape index (κ1) is 18.0. The molecule has 0 bridgehead atoms.